The summed E-state index contributed by atoms with van der Waals surface area (Å²) >= 11 is -3.19. The SMILES string of the molecule is c1ccc([AsH](c2ccccc2)(c2ccccc2)c2cccc3ccccc23)cc1. The summed E-state index contributed by atoms with van der Waals surface area (Å²) in [5, 5.41) is 2.68. The van der Waals surface area contributed by atoms with Crippen LogP contribution >= 0.6 is 0 Å². The summed E-state index contributed by atoms with van der Waals surface area (Å²) in [5.74, 6) is 0. The van der Waals surface area contributed by atoms with Crippen LogP contribution in [0.25, 0.3) is 10.8 Å². The number of hydrogen-bond donors (Lipinski definition) is 0. The van der Waals surface area contributed by atoms with E-state index in [9.17, 15) is 0 Å². The molecule has 0 bridgehead atoms. The van der Waals surface area contributed by atoms with Gasteiger partial charge >= 0.3 is 175 Å². The summed E-state index contributed by atoms with van der Waals surface area (Å²) < 4.78 is 5.87. The second kappa shape index (κ2) is 7.74. The monoisotopic (exact) mass is 434 g/mol. The van der Waals surface area contributed by atoms with Gasteiger partial charge in [0.15, 0.2) is 0 Å². The van der Waals surface area contributed by atoms with Crippen molar-refractivity contribution in [1.82, 2.24) is 0 Å². The van der Waals surface area contributed by atoms with Gasteiger partial charge in [-0.15, -0.1) is 0 Å². The van der Waals surface area contributed by atoms with Crippen molar-refractivity contribution in [3.05, 3.63) is 133 Å². The summed E-state index contributed by atoms with van der Waals surface area (Å²) in [7, 11) is 0. The van der Waals surface area contributed by atoms with E-state index < -0.39 is 13.6 Å². The van der Waals surface area contributed by atoms with Gasteiger partial charge in [-0.1, -0.05) is 0 Å². The molecule has 5 aromatic carbocycles. The van der Waals surface area contributed by atoms with Gasteiger partial charge in [0, 0.05) is 0 Å². The summed E-state index contributed by atoms with van der Waals surface area (Å²) in [6.45, 7) is 0. The van der Waals surface area contributed by atoms with Gasteiger partial charge in [-0.05, 0) is 0 Å². The molecule has 140 valence electrons. The fourth-order valence-electron chi connectivity index (χ4n) is 4.58. The van der Waals surface area contributed by atoms with E-state index in [1.807, 2.05) is 0 Å². The van der Waals surface area contributed by atoms with Gasteiger partial charge in [0.05, 0.1) is 0 Å². The molecule has 0 saturated carbocycles. The molecular formula is C28H23As. The maximum atomic E-state index is 2.37. The molecule has 0 aliphatic rings. The Morgan fingerprint density at radius 2 is 0.759 bits per heavy atom. The van der Waals surface area contributed by atoms with Gasteiger partial charge in [0.25, 0.3) is 0 Å². The standard InChI is InChI=1S/C28H23As/c1-4-15-24(16-5-1)29(25-17-6-2-7-18-25,26-19-8-3-9-20-26)28-22-12-14-23-13-10-11-21-27(23)28/h1-22,29H. The van der Waals surface area contributed by atoms with Crippen molar-refractivity contribution in [3.8, 4) is 0 Å². The summed E-state index contributed by atoms with van der Waals surface area (Å²) in [5.41, 5.74) is 0. The second-order valence-electron chi connectivity index (χ2n) is 7.37. The molecule has 0 fully saturated rings. The van der Waals surface area contributed by atoms with Crippen LogP contribution in [0.4, 0.5) is 0 Å². The third kappa shape index (κ3) is 3.01. The van der Waals surface area contributed by atoms with Crippen LogP contribution in [0.2, 0.25) is 0 Å². The topological polar surface area (TPSA) is 0 Å². The summed E-state index contributed by atoms with van der Waals surface area (Å²) in [4.78, 5) is 0. The normalized spacial score (nSPS) is 12.0. The van der Waals surface area contributed by atoms with Crippen molar-refractivity contribution in [3.63, 3.8) is 0 Å². The molecule has 0 spiro atoms. The number of fused-ring (bicyclic) bond motifs is 1. The average molecular weight is 434 g/mol. The molecule has 5 aromatic rings. The molecule has 0 aliphatic carbocycles. The van der Waals surface area contributed by atoms with Crippen molar-refractivity contribution in [2.45, 2.75) is 0 Å². The molecule has 0 unspecified atom stereocenters. The molecule has 0 aromatic heterocycles. The van der Waals surface area contributed by atoms with Crippen molar-refractivity contribution < 1.29 is 0 Å². The Labute approximate surface area is 174 Å². The van der Waals surface area contributed by atoms with E-state index in [-0.39, 0.29) is 0 Å². The third-order valence-electron chi connectivity index (χ3n) is 5.81. The average Bonchev–Trinajstić information content (AvgIpc) is 2.82. The molecule has 1 heteroatoms. The van der Waals surface area contributed by atoms with Crippen LogP contribution in [0.1, 0.15) is 0 Å². The van der Waals surface area contributed by atoms with Gasteiger partial charge in [-0.3, -0.25) is 0 Å². The first-order valence-electron chi connectivity index (χ1n) is 10.1. The Morgan fingerprint density at radius 1 is 0.345 bits per heavy atom. The predicted molar refractivity (Wildman–Crippen MR) is 129 cm³/mol. The van der Waals surface area contributed by atoms with Gasteiger partial charge in [-0.25, -0.2) is 0 Å². The minimum atomic E-state index is -3.19. The molecule has 0 nitrogen and oxygen atoms in total. The fourth-order valence-corrected chi connectivity index (χ4v) is 15.0. The molecule has 0 atom stereocenters. The van der Waals surface area contributed by atoms with Gasteiger partial charge in [-0.2, -0.15) is 0 Å². The van der Waals surface area contributed by atoms with Crippen LogP contribution in [0, 0.1) is 0 Å². The van der Waals surface area contributed by atoms with Crippen LogP contribution in [-0.2, 0) is 0 Å². The quantitative estimate of drug-likeness (QED) is 0.376. The van der Waals surface area contributed by atoms with E-state index in [1.54, 1.807) is 0 Å². The van der Waals surface area contributed by atoms with E-state index >= 15 is 0 Å². The van der Waals surface area contributed by atoms with Crippen molar-refractivity contribution in [1.29, 1.82) is 0 Å². The van der Waals surface area contributed by atoms with E-state index in [1.165, 1.54) is 28.2 Å². The number of hydrogen-bond acceptors (Lipinski definition) is 0. The predicted octanol–water partition coefficient (Wildman–Crippen LogP) is 3.95. The van der Waals surface area contributed by atoms with Gasteiger partial charge in [0.1, 0.15) is 0 Å². The zero-order valence-corrected chi connectivity index (χ0v) is 18.3. The Kier molecular flexibility index (Phi) is 4.80. The molecule has 0 amide bonds. The van der Waals surface area contributed by atoms with Crippen LogP contribution < -0.4 is 17.4 Å². The molecule has 5 rings (SSSR count). The van der Waals surface area contributed by atoms with Crippen LogP contribution in [0.3, 0.4) is 0 Å². The molecule has 29 heavy (non-hydrogen) atoms. The Balaban J connectivity index is 1.99. The minimum absolute atomic E-state index is 1.31. The molecule has 0 heterocycles. The van der Waals surface area contributed by atoms with E-state index in [2.05, 4.69) is 133 Å². The van der Waals surface area contributed by atoms with Crippen LogP contribution in [0.5, 0.6) is 0 Å². The molecular weight excluding hydrogens is 411 g/mol. The van der Waals surface area contributed by atoms with Crippen LogP contribution in [0.15, 0.2) is 133 Å². The van der Waals surface area contributed by atoms with E-state index in [4.69, 9.17) is 0 Å². The second-order valence-corrected chi connectivity index (χ2v) is 15.3. The number of rotatable bonds is 4. The molecule has 0 radical (unpaired) electrons. The van der Waals surface area contributed by atoms with Crippen molar-refractivity contribution in [2.24, 2.45) is 0 Å². The van der Waals surface area contributed by atoms with Gasteiger partial charge in [0.2, 0.25) is 0 Å². The van der Waals surface area contributed by atoms with E-state index in [0.717, 1.165) is 0 Å². The first-order chi connectivity index (χ1) is 14.4. The summed E-state index contributed by atoms with van der Waals surface area (Å²) in [6.07, 6.45) is 0. The Bertz CT molecular complexity index is 1130. The van der Waals surface area contributed by atoms with Crippen molar-refractivity contribution >= 4 is 41.7 Å². The number of benzene rings is 5. The van der Waals surface area contributed by atoms with Crippen molar-refractivity contribution in [2.75, 3.05) is 0 Å². The zero-order chi connectivity index (χ0) is 19.5. The first kappa shape index (κ1) is 18.0. The first-order valence-corrected chi connectivity index (χ1v) is 14.2. The fraction of sp³-hybridized carbons (Fsp3) is 0. The summed E-state index contributed by atoms with van der Waals surface area (Å²) in [6, 6.07) is 49.1. The molecule has 0 saturated heterocycles. The van der Waals surface area contributed by atoms with E-state index in [0.29, 0.717) is 0 Å². The molecule has 0 N–H and O–H groups in total. The zero-order valence-electron chi connectivity index (χ0n) is 16.2. The Morgan fingerprint density at radius 3 is 1.28 bits per heavy atom. The van der Waals surface area contributed by atoms with Gasteiger partial charge < -0.3 is 0 Å². The van der Waals surface area contributed by atoms with Crippen LogP contribution in [-0.4, -0.2) is 13.6 Å². The Hall–Kier alpha value is -3.08. The molecule has 0 aliphatic heterocycles. The third-order valence-corrected chi connectivity index (χ3v) is 16.0. The maximum absolute atomic E-state index is 3.19.